The van der Waals surface area contributed by atoms with Crippen LogP contribution in [0.15, 0.2) is 36.4 Å². The van der Waals surface area contributed by atoms with E-state index < -0.39 is 0 Å². The summed E-state index contributed by atoms with van der Waals surface area (Å²) in [5.74, 6) is 1.80. The second-order valence-electron chi connectivity index (χ2n) is 6.28. The van der Waals surface area contributed by atoms with Crippen LogP contribution in [0, 0.1) is 6.92 Å². The molecular weight excluding hydrogens is 284 g/mol. The van der Waals surface area contributed by atoms with Crippen molar-refractivity contribution in [1.82, 2.24) is 9.97 Å². The average molecular weight is 310 g/mol. The molecule has 1 aromatic carbocycles. The Balaban J connectivity index is 1.76. The highest BCUT2D eigenvalue weighted by Crippen LogP contribution is 2.26. The molecule has 4 heteroatoms. The van der Waals surface area contributed by atoms with Crippen molar-refractivity contribution in [3.63, 3.8) is 0 Å². The van der Waals surface area contributed by atoms with E-state index in [4.69, 9.17) is 4.98 Å². The van der Waals surface area contributed by atoms with Crippen LogP contribution in [0.2, 0.25) is 0 Å². The Bertz CT molecular complexity index is 627. The SMILES string of the molecule is CCC1CCCCN1c1cc(C)nc(NCc2ccccc2)n1. The molecule has 1 saturated heterocycles. The maximum Gasteiger partial charge on any atom is 0.225 e. The van der Waals surface area contributed by atoms with Crippen LogP contribution >= 0.6 is 0 Å². The Morgan fingerprint density at radius 1 is 1.17 bits per heavy atom. The van der Waals surface area contributed by atoms with E-state index in [-0.39, 0.29) is 0 Å². The molecule has 1 aromatic heterocycles. The number of benzene rings is 1. The van der Waals surface area contributed by atoms with Crippen molar-refractivity contribution in [3.8, 4) is 0 Å². The highest BCUT2D eigenvalue weighted by atomic mass is 15.2. The minimum atomic E-state index is 0.611. The van der Waals surface area contributed by atoms with Crippen LogP contribution in [0.1, 0.15) is 43.9 Å². The molecule has 2 heterocycles. The fourth-order valence-electron chi connectivity index (χ4n) is 3.28. The van der Waals surface area contributed by atoms with Crippen LogP contribution < -0.4 is 10.2 Å². The van der Waals surface area contributed by atoms with Crippen LogP contribution in [-0.2, 0) is 6.54 Å². The van der Waals surface area contributed by atoms with Crippen LogP contribution in [0.3, 0.4) is 0 Å². The van der Waals surface area contributed by atoms with Gasteiger partial charge < -0.3 is 10.2 Å². The lowest BCUT2D eigenvalue weighted by molar-refractivity contribution is 0.446. The number of nitrogens with zero attached hydrogens (tertiary/aromatic N) is 3. The number of hydrogen-bond acceptors (Lipinski definition) is 4. The zero-order valence-electron chi connectivity index (χ0n) is 14.1. The summed E-state index contributed by atoms with van der Waals surface area (Å²) in [5, 5.41) is 3.37. The summed E-state index contributed by atoms with van der Waals surface area (Å²) in [4.78, 5) is 11.8. The molecule has 1 N–H and O–H groups in total. The Morgan fingerprint density at radius 2 is 2.00 bits per heavy atom. The Hall–Kier alpha value is -2.10. The first-order chi connectivity index (χ1) is 11.3. The monoisotopic (exact) mass is 310 g/mol. The highest BCUT2D eigenvalue weighted by molar-refractivity contribution is 5.46. The summed E-state index contributed by atoms with van der Waals surface area (Å²) in [6, 6.07) is 13.1. The number of anilines is 2. The largest absolute Gasteiger partial charge is 0.353 e. The number of piperidine rings is 1. The molecule has 23 heavy (non-hydrogen) atoms. The van der Waals surface area contributed by atoms with E-state index in [2.05, 4.69) is 52.5 Å². The molecule has 2 aromatic rings. The van der Waals surface area contributed by atoms with Gasteiger partial charge in [-0.1, -0.05) is 37.3 Å². The third-order valence-electron chi connectivity index (χ3n) is 4.53. The molecular formula is C19H26N4. The molecule has 0 saturated carbocycles. The molecule has 122 valence electrons. The molecule has 1 fully saturated rings. The van der Waals surface area contributed by atoms with Crippen LogP contribution in [0.25, 0.3) is 0 Å². The van der Waals surface area contributed by atoms with Gasteiger partial charge in [-0.15, -0.1) is 0 Å². The highest BCUT2D eigenvalue weighted by Gasteiger charge is 2.22. The van der Waals surface area contributed by atoms with E-state index in [1.165, 1.54) is 31.2 Å². The fraction of sp³-hybridized carbons (Fsp3) is 0.474. The second kappa shape index (κ2) is 7.44. The fourth-order valence-corrected chi connectivity index (χ4v) is 3.28. The Kier molecular flexibility index (Phi) is 5.11. The van der Waals surface area contributed by atoms with Crippen molar-refractivity contribution in [2.75, 3.05) is 16.8 Å². The average Bonchev–Trinajstić information content (AvgIpc) is 2.60. The topological polar surface area (TPSA) is 41.1 Å². The van der Waals surface area contributed by atoms with Gasteiger partial charge in [0.05, 0.1) is 0 Å². The summed E-state index contributed by atoms with van der Waals surface area (Å²) >= 11 is 0. The van der Waals surface area contributed by atoms with Gasteiger partial charge in [0, 0.05) is 30.9 Å². The van der Waals surface area contributed by atoms with Crippen molar-refractivity contribution < 1.29 is 0 Å². The molecule has 0 spiro atoms. The first-order valence-electron chi connectivity index (χ1n) is 8.66. The quantitative estimate of drug-likeness (QED) is 0.900. The molecule has 0 radical (unpaired) electrons. The van der Waals surface area contributed by atoms with Crippen molar-refractivity contribution in [2.24, 2.45) is 0 Å². The second-order valence-corrected chi connectivity index (χ2v) is 6.28. The normalized spacial score (nSPS) is 18.0. The number of rotatable bonds is 5. The zero-order chi connectivity index (χ0) is 16.1. The van der Waals surface area contributed by atoms with Gasteiger partial charge in [0.25, 0.3) is 0 Å². The van der Waals surface area contributed by atoms with Crippen molar-refractivity contribution >= 4 is 11.8 Å². The van der Waals surface area contributed by atoms with E-state index in [0.29, 0.717) is 6.04 Å². The predicted octanol–water partition coefficient (Wildman–Crippen LogP) is 4.17. The summed E-state index contributed by atoms with van der Waals surface area (Å²) in [6.07, 6.45) is 5.03. The van der Waals surface area contributed by atoms with Gasteiger partial charge in [-0.25, -0.2) is 4.98 Å². The van der Waals surface area contributed by atoms with Gasteiger partial charge in [0.15, 0.2) is 0 Å². The number of aromatic nitrogens is 2. The van der Waals surface area contributed by atoms with Gasteiger partial charge in [-0.2, -0.15) is 4.98 Å². The number of hydrogen-bond donors (Lipinski definition) is 1. The van der Waals surface area contributed by atoms with E-state index in [0.717, 1.165) is 30.5 Å². The first-order valence-corrected chi connectivity index (χ1v) is 8.66. The van der Waals surface area contributed by atoms with Crippen LogP contribution in [0.4, 0.5) is 11.8 Å². The minimum absolute atomic E-state index is 0.611. The van der Waals surface area contributed by atoms with Gasteiger partial charge in [0.2, 0.25) is 5.95 Å². The van der Waals surface area contributed by atoms with Gasteiger partial charge in [-0.3, -0.25) is 0 Å². The molecule has 3 rings (SSSR count). The van der Waals surface area contributed by atoms with Gasteiger partial charge in [-0.05, 0) is 38.2 Å². The summed E-state index contributed by atoms with van der Waals surface area (Å²) in [5.41, 5.74) is 2.26. The molecule has 0 amide bonds. The molecule has 1 aliphatic heterocycles. The first kappa shape index (κ1) is 15.8. The van der Waals surface area contributed by atoms with E-state index in [1.807, 2.05) is 13.0 Å². The molecule has 1 atom stereocenters. The minimum Gasteiger partial charge on any atom is -0.353 e. The van der Waals surface area contributed by atoms with E-state index in [1.54, 1.807) is 0 Å². The predicted molar refractivity (Wildman–Crippen MR) is 95.8 cm³/mol. The molecule has 1 aliphatic rings. The van der Waals surface area contributed by atoms with Crippen molar-refractivity contribution in [2.45, 2.75) is 52.1 Å². The van der Waals surface area contributed by atoms with Crippen LogP contribution in [-0.4, -0.2) is 22.6 Å². The third-order valence-corrected chi connectivity index (χ3v) is 4.53. The molecule has 0 bridgehead atoms. The summed E-state index contributed by atoms with van der Waals surface area (Å²) in [6.45, 7) is 6.17. The Morgan fingerprint density at radius 3 is 2.78 bits per heavy atom. The lowest BCUT2D eigenvalue weighted by Gasteiger charge is -2.36. The smallest absolute Gasteiger partial charge is 0.225 e. The van der Waals surface area contributed by atoms with Gasteiger partial charge in [0.1, 0.15) is 5.82 Å². The van der Waals surface area contributed by atoms with E-state index in [9.17, 15) is 0 Å². The van der Waals surface area contributed by atoms with Crippen molar-refractivity contribution in [1.29, 1.82) is 0 Å². The molecule has 4 nitrogen and oxygen atoms in total. The summed E-state index contributed by atoms with van der Waals surface area (Å²) in [7, 11) is 0. The maximum atomic E-state index is 4.77. The molecule has 1 unspecified atom stereocenters. The standard InChI is InChI=1S/C19H26N4/c1-3-17-11-7-8-12-23(17)18-13-15(2)21-19(22-18)20-14-16-9-5-4-6-10-16/h4-6,9-10,13,17H,3,7-8,11-12,14H2,1-2H3,(H,20,21,22). The summed E-state index contributed by atoms with van der Waals surface area (Å²) < 4.78 is 0. The van der Waals surface area contributed by atoms with E-state index >= 15 is 0 Å². The maximum absolute atomic E-state index is 4.77. The Labute approximate surface area is 139 Å². The lowest BCUT2D eigenvalue weighted by atomic mass is 10.00. The van der Waals surface area contributed by atoms with Gasteiger partial charge >= 0.3 is 0 Å². The molecule has 0 aliphatic carbocycles. The number of aryl methyl sites for hydroxylation is 1. The van der Waals surface area contributed by atoms with Crippen LogP contribution in [0.5, 0.6) is 0 Å². The lowest BCUT2D eigenvalue weighted by Crippen LogP contribution is -2.39. The zero-order valence-corrected chi connectivity index (χ0v) is 14.1. The van der Waals surface area contributed by atoms with Crippen molar-refractivity contribution in [3.05, 3.63) is 47.7 Å². The number of nitrogens with one attached hydrogen (secondary N) is 1. The third kappa shape index (κ3) is 4.01.